The number of non-ortho nitro benzene ring substituents is 1. The summed E-state index contributed by atoms with van der Waals surface area (Å²) in [5.41, 5.74) is 0.398. The van der Waals surface area contributed by atoms with Crippen LogP contribution in [0.4, 0.5) is 5.69 Å². The zero-order valence-corrected chi connectivity index (χ0v) is 15.8. The molecule has 1 unspecified atom stereocenters. The second kappa shape index (κ2) is 7.46. The molecule has 0 amide bonds. The first-order valence-corrected chi connectivity index (χ1v) is 9.98. The van der Waals surface area contributed by atoms with E-state index in [2.05, 4.69) is 10.2 Å². The number of nitrogens with two attached hydrogens (primary N) is 1. The quantitative estimate of drug-likeness (QED) is 0.354. The molecule has 0 fully saturated rings. The summed E-state index contributed by atoms with van der Waals surface area (Å²) in [5, 5.41) is 24.6. The fraction of sp³-hybridized carbons (Fsp3) is 0.133. The Hall–Kier alpha value is -3.16. The van der Waals surface area contributed by atoms with Gasteiger partial charge in [0.2, 0.25) is 15.9 Å². The SMILES string of the molecule is CC(OC(=O)c1csc(S(N)(=O)=O)c1)c1nnc(-c2ccc([N+](=O)[O-])cc2)o1. The molecule has 0 aliphatic carbocycles. The lowest BCUT2D eigenvalue weighted by atomic mass is 10.2. The van der Waals surface area contributed by atoms with E-state index in [0.29, 0.717) is 5.56 Å². The number of thiophene rings is 1. The molecular formula is C15H12N4O7S2. The Morgan fingerprint density at radius 1 is 1.32 bits per heavy atom. The number of carbonyl (C=O) groups is 1. The minimum absolute atomic E-state index is 0.00334. The van der Waals surface area contributed by atoms with Crippen molar-refractivity contribution in [3.63, 3.8) is 0 Å². The molecule has 0 radical (unpaired) electrons. The molecule has 2 N–H and O–H groups in total. The van der Waals surface area contributed by atoms with E-state index >= 15 is 0 Å². The fourth-order valence-corrected chi connectivity index (χ4v) is 3.67. The highest BCUT2D eigenvalue weighted by Crippen LogP contribution is 2.26. The first-order chi connectivity index (χ1) is 13.1. The highest BCUT2D eigenvalue weighted by Gasteiger charge is 2.22. The average Bonchev–Trinajstić information content (AvgIpc) is 3.31. The van der Waals surface area contributed by atoms with Gasteiger partial charge in [0.05, 0.1) is 10.5 Å². The molecule has 11 nitrogen and oxygen atoms in total. The van der Waals surface area contributed by atoms with Crippen LogP contribution in [0.1, 0.15) is 29.3 Å². The van der Waals surface area contributed by atoms with Gasteiger partial charge in [-0.05, 0) is 25.1 Å². The van der Waals surface area contributed by atoms with Crippen LogP contribution in [0.3, 0.4) is 0 Å². The molecule has 28 heavy (non-hydrogen) atoms. The molecule has 2 aromatic heterocycles. The third kappa shape index (κ3) is 4.21. The number of hydrogen-bond acceptors (Lipinski definition) is 10. The monoisotopic (exact) mass is 424 g/mol. The Morgan fingerprint density at radius 2 is 2.00 bits per heavy atom. The van der Waals surface area contributed by atoms with E-state index < -0.39 is 27.0 Å². The molecule has 3 aromatic rings. The number of ether oxygens (including phenoxy) is 1. The summed E-state index contributed by atoms with van der Waals surface area (Å²) in [6.45, 7) is 1.50. The van der Waals surface area contributed by atoms with Gasteiger partial charge in [0.1, 0.15) is 4.21 Å². The predicted molar refractivity (Wildman–Crippen MR) is 95.9 cm³/mol. The summed E-state index contributed by atoms with van der Waals surface area (Å²) < 4.78 is 33.0. The van der Waals surface area contributed by atoms with Crippen LogP contribution in [0.5, 0.6) is 0 Å². The van der Waals surface area contributed by atoms with E-state index in [1.54, 1.807) is 0 Å². The van der Waals surface area contributed by atoms with Crippen molar-refractivity contribution < 1.29 is 27.3 Å². The Balaban J connectivity index is 1.71. The lowest BCUT2D eigenvalue weighted by Gasteiger charge is -2.08. The predicted octanol–water partition coefficient (Wildman–Crippen LogP) is 2.27. The van der Waals surface area contributed by atoms with Crippen molar-refractivity contribution in [3.05, 3.63) is 57.3 Å². The summed E-state index contributed by atoms with van der Waals surface area (Å²) in [6.07, 6.45) is -0.912. The lowest BCUT2D eigenvalue weighted by Crippen LogP contribution is -2.11. The topological polar surface area (TPSA) is 169 Å². The average molecular weight is 424 g/mol. The Bertz CT molecular complexity index is 1140. The van der Waals surface area contributed by atoms with Crippen molar-refractivity contribution >= 4 is 33.0 Å². The number of carbonyl (C=O) groups excluding carboxylic acids is 1. The number of primary sulfonamides is 1. The van der Waals surface area contributed by atoms with Crippen molar-refractivity contribution in [2.24, 2.45) is 5.14 Å². The van der Waals surface area contributed by atoms with Gasteiger partial charge < -0.3 is 9.15 Å². The van der Waals surface area contributed by atoms with E-state index in [1.165, 1.54) is 36.6 Å². The molecule has 0 saturated heterocycles. The maximum atomic E-state index is 12.1. The van der Waals surface area contributed by atoms with Crippen LogP contribution in [-0.2, 0) is 14.8 Å². The maximum Gasteiger partial charge on any atom is 0.339 e. The van der Waals surface area contributed by atoms with E-state index in [-0.39, 0.29) is 27.2 Å². The van der Waals surface area contributed by atoms with Crippen LogP contribution in [-0.4, -0.2) is 29.5 Å². The first-order valence-electron chi connectivity index (χ1n) is 7.55. The molecule has 0 aliphatic rings. The molecule has 2 heterocycles. The van der Waals surface area contributed by atoms with Gasteiger partial charge in [0, 0.05) is 23.1 Å². The van der Waals surface area contributed by atoms with Gasteiger partial charge in [-0.3, -0.25) is 10.1 Å². The van der Waals surface area contributed by atoms with Crippen LogP contribution < -0.4 is 5.14 Å². The summed E-state index contributed by atoms with van der Waals surface area (Å²) in [7, 11) is -3.90. The molecule has 0 bridgehead atoms. The highest BCUT2D eigenvalue weighted by atomic mass is 32.2. The second-order valence-electron chi connectivity index (χ2n) is 5.50. The maximum absolute atomic E-state index is 12.1. The van der Waals surface area contributed by atoms with Crippen molar-refractivity contribution in [1.29, 1.82) is 0 Å². The summed E-state index contributed by atoms with van der Waals surface area (Å²) in [4.78, 5) is 22.3. The molecule has 0 spiro atoms. The van der Waals surface area contributed by atoms with E-state index in [9.17, 15) is 23.3 Å². The highest BCUT2D eigenvalue weighted by molar-refractivity contribution is 7.91. The molecule has 0 saturated carbocycles. The second-order valence-corrected chi connectivity index (χ2v) is 8.20. The van der Waals surface area contributed by atoms with Gasteiger partial charge in [-0.2, -0.15) is 0 Å². The van der Waals surface area contributed by atoms with Crippen LogP contribution in [0.2, 0.25) is 0 Å². The number of aromatic nitrogens is 2. The third-order valence-electron chi connectivity index (χ3n) is 3.49. The Labute approximate surface area is 162 Å². The van der Waals surface area contributed by atoms with Crippen molar-refractivity contribution in [2.75, 3.05) is 0 Å². The minimum atomic E-state index is -3.90. The zero-order valence-electron chi connectivity index (χ0n) is 14.1. The van der Waals surface area contributed by atoms with E-state index in [1.807, 2.05) is 0 Å². The summed E-state index contributed by atoms with van der Waals surface area (Å²) in [5.74, 6) is -0.683. The minimum Gasteiger partial charge on any atom is -0.449 e. The van der Waals surface area contributed by atoms with Crippen LogP contribution >= 0.6 is 11.3 Å². The van der Waals surface area contributed by atoms with E-state index in [0.717, 1.165) is 17.4 Å². The molecule has 13 heteroatoms. The summed E-state index contributed by atoms with van der Waals surface area (Å²) in [6, 6.07) is 6.61. The number of hydrogen-bond donors (Lipinski definition) is 1. The number of rotatable bonds is 6. The van der Waals surface area contributed by atoms with Gasteiger partial charge in [-0.15, -0.1) is 21.5 Å². The van der Waals surface area contributed by atoms with Crippen LogP contribution in [0.15, 0.2) is 44.3 Å². The van der Waals surface area contributed by atoms with Gasteiger partial charge >= 0.3 is 5.97 Å². The van der Waals surface area contributed by atoms with Crippen molar-refractivity contribution in [3.8, 4) is 11.5 Å². The van der Waals surface area contributed by atoms with Crippen LogP contribution in [0, 0.1) is 10.1 Å². The number of nitrogens with zero attached hydrogens (tertiary/aromatic N) is 3. The first kappa shape index (κ1) is 19.6. The molecule has 1 aromatic carbocycles. The standard InChI is InChI=1S/C15H12N4O7S2/c1-8(25-15(20)10-6-12(27-7-10)28(16,23)24)13-17-18-14(26-13)9-2-4-11(5-3-9)19(21)22/h2-8H,1H3,(H2,16,23,24). The third-order valence-corrected chi connectivity index (χ3v) is 5.88. The summed E-state index contributed by atoms with van der Waals surface area (Å²) >= 11 is 0.799. The molecule has 3 rings (SSSR count). The normalized spacial score (nSPS) is 12.5. The van der Waals surface area contributed by atoms with Gasteiger partial charge in [0.15, 0.2) is 6.10 Å². The van der Waals surface area contributed by atoms with Gasteiger partial charge in [-0.1, -0.05) is 0 Å². The number of nitro groups is 1. The van der Waals surface area contributed by atoms with Gasteiger partial charge in [0.25, 0.3) is 11.6 Å². The molecular weight excluding hydrogens is 412 g/mol. The largest absolute Gasteiger partial charge is 0.449 e. The van der Waals surface area contributed by atoms with Crippen molar-refractivity contribution in [1.82, 2.24) is 10.2 Å². The Morgan fingerprint density at radius 3 is 2.57 bits per heavy atom. The fourth-order valence-electron chi connectivity index (χ4n) is 2.09. The number of nitro benzene ring substituents is 1. The smallest absolute Gasteiger partial charge is 0.339 e. The Kier molecular flexibility index (Phi) is 5.22. The number of esters is 1. The molecule has 0 aliphatic heterocycles. The van der Waals surface area contributed by atoms with Gasteiger partial charge in [-0.25, -0.2) is 18.4 Å². The van der Waals surface area contributed by atoms with Crippen molar-refractivity contribution in [2.45, 2.75) is 17.2 Å². The molecule has 146 valence electrons. The number of benzene rings is 1. The van der Waals surface area contributed by atoms with Crippen LogP contribution in [0.25, 0.3) is 11.5 Å². The molecule has 1 atom stereocenters. The lowest BCUT2D eigenvalue weighted by molar-refractivity contribution is -0.384. The van der Waals surface area contributed by atoms with E-state index in [4.69, 9.17) is 14.3 Å². The zero-order chi connectivity index (χ0) is 20.5. The number of sulfonamides is 1.